The molecule has 4 aromatic rings. The Morgan fingerprint density at radius 1 is 1.09 bits per heavy atom. The number of carbonyl (C=O) groups is 3. The summed E-state index contributed by atoms with van der Waals surface area (Å²) in [5.74, 6) is -0.157. The molecule has 240 valence electrons. The molecular formula is C35H36BrClN4O4S. The van der Waals surface area contributed by atoms with Crippen LogP contribution in [0.15, 0.2) is 82.3 Å². The molecular weight excluding hydrogens is 688 g/mol. The van der Waals surface area contributed by atoms with Crippen LogP contribution in [0.3, 0.4) is 0 Å². The molecule has 0 aliphatic carbocycles. The van der Waals surface area contributed by atoms with Crippen LogP contribution in [0.1, 0.15) is 48.9 Å². The zero-order chi connectivity index (χ0) is 32.4. The number of alkyl carbamates (subject to hydrolysis) is 1. The number of rotatable bonds is 8. The Bertz CT molecular complexity index is 1740. The number of fused-ring (bicyclic) bond motifs is 1. The predicted octanol–water partition coefficient (Wildman–Crippen LogP) is 7.63. The molecule has 0 radical (unpaired) electrons. The van der Waals surface area contributed by atoms with Crippen molar-refractivity contribution in [2.24, 2.45) is 0 Å². The normalized spacial score (nSPS) is 20.3. The molecule has 2 saturated heterocycles. The van der Waals surface area contributed by atoms with Gasteiger partial charge in [-0.15, -0.1) is 11.8 Å². The smallest absolute Gasteiger partial charge is 0.407 e. The second-order valence-electron chi connectivity index (χ2n) is 11.9. The molecule has 2 atom stereocenters. The van der Waals surface area contributed by atoms with E-state index in [1.165, 1.54) is 11.8 Å². The molecule has 11 heteroatoms. The van der Waals surface area contributed by atoms with Gasteiger partial charge in [-0.3, -0.25) is 9.59 Å². The lowest BCUT2D eigenvalue weighted by Gasteiger charge is -2.41. The van der Waals surface area contributed by atoms with Gasteiger partial charge in [0.1, 0.15) is 4.75 Å². The van der Waals surface area contributed by atoms with Crippen LogP contribution < -0.4 is 5.32 Å². The first-order valence-corrected chi connectivity index (χ1v) is 17.4. The third kappa shape index (κ3) is 6.66. The first-order chi connectivity index (χ1) is 22.2. The van der Waals surface area contributed by atoms with Gasteiger partial charge in [-0.1, -0.05) is 63.4 Å². The van der Waals surface area contributed by atoms with Gasteiger partial charge in [0.05, 0.1) is 19.1 Å². The third-order valence-electron chi connectivity index (χ3n) is 8.79. The van der Waals surface area contributed by atoms with E-state index >= 15 is 4.79 Å². The minimum atomic E-state index is -1.15. The Hall–Kier alpha value is -3.47. The predicted molar refractivity (Wildman–Crippen MR) is 185 cm³/mol. The molecule has 8 nitrogen and oxygen atoms in total. The maximum atomic E-state index is 15.1. The largest absolute Gasteiger partial charge is 0.450 e. The van der Waals surface area contributed by atoms with E-state index in [9.17, 15) is 9.59 Å². The number of amides is 3. The lowest BCUT2D eigenvalue weighted by molar-refractivity contribution is -0.135. The third-order valence-corrected chi connectivity index (χ3v) is 11.0. The number of piperidine rings is 1. The quantitative estimate of drug-likeness (QED) is 0.195. The van der Waals surface area contributed by atoms with Gasteiger partial charge in [-0.05, 0) is 68.7 Å². The van der Waals surface area contributed by atoms with Gasteiger partial charge in [0.2, 0.25) is 11.8 Å². The summed E-state index contributed by atoms with van der Waals surface area (Å²) in [6.07, 6.45) is 2.73. The summed E-state index contributed by atoms with van der Waals surface area (Å²) in [6, 6.07) is 21.1. The highest BCUT2D eigenvalue weighted by molar-refractivity contribution is 9.10. The van der Waals surface area contributed by atoms with Crippen molar-refractivity contribution in [3.63, 3.8) is 0 Å². The van der Waals surface area contributed by atoms with E-state index in [2.05, 4.69) is 26.2 Å². The maximum Gasteiger partial charge on any atom is 0.407 e. The van der Waals surface area contributed by atoms with E-state index in [1.807, 2.05) is 89.7 Å². The second kappa shape index (κ2) is 13.7. The molecule has 0 unspecified atom stereocenters. The van der Waals surface area contributed by atoms with Crippen LogP contribution in [0, 0.1) is 6.92 Å². The molecule has 2 aliphatic heterocycles. The summed E-state index contributed by atoms with van der Waals surface area (Å²) in [6.45, 7) is 5.38. The maximum absolute atomic E-state index is 15.1. The standard InChI is InChI=1S/C35H36BrClN4O4S/c1-3-45-34(44)39-26-14-16-40(17-15-26)33(43)35(46-27-11-4-22(2)5-12-27)19-31(42)41(21-23-6-8-24(36)9-7-23)32(35)29-20-38-30-18-25(37)10-13-28(29)30/h4-13,18,20,26,32,38H,3,14-17,19,21H2,1-2H3,(H,39,44)/t32-,35-/m0/s1. The average Bonchev–Trinajstić information content (AvgIpc) is 3.56. The van der Waals surface area contributed by atoms with Crippen molar-refractivity contribution in [3.8, 4) is 0 Å². The number of H-pyrrole nitrogens is 1. The van der Waals surface area contributed by atoms with Crippen molar-refractivity contribution in [2.45, 2.75) is 61.4 Å². The molecule has 0 bridgehead atoms. The number of benzene rings is 3. The molecule has 3 aromatic carbocycles. The number of thioether (sulfide) groups is 1. The van der Waals surface area contributed by atoms with Crippen LogP contribution in [0.25, 0.3) is 10.9 Å². The number of nitrogens with zero attached hydrogens (tertiary/aromatic N) is 2. The molecule has 2 fully saturated rings. The van der Waals surface area contributed by atoms with Crippen molar-refractivity contribution in [1.29, 1.82) is 0 Å². The van der Waals surface area contributed by atoms with Gasteiger partial charge < -0.3 is 24.8 Å². The molecule has 3 amide bonds. The molecule has 3 heterocycles. The van der Waals surface area contributed by atoms with Gasteiger partial charge in [0.25, 0.3) is 0 Å². The average molecular weight is 724 g/mol. The molecule has 0 saturated carbocycles. The zero-order valence-corrected chi connectivity index (χ0v) is 28.9. The Morgan fingerprint density at radius 2 is 1.80 bits per heavy atom. The van der Waals surface area contributed by atoms with E-state index in [-0.39, 0.29) is 24.3 Å². The number of nitrogens with one attached hydrogen (secondary N) is 2. The number of aromatic amines is 1. The Labute approximate surface area is 286 Å². The van der Waals surface area contributed by atoms with E-state index in [1.54, 1.807) is 6.92 Å². The summed E-state index contributed by atoms with van der Waals surface area (Å²) in [4.78, 5) is 49.5. The monoisotopic (exact) mass is 722 g/mol. The molecule has 6 rings (SSSR count). The van der Waals surface area contributed by atoms with E-state index in [0.717, 1.165) is 37.0 Å². The number of aryl methyl sites for hydroxylation is 1. The van der Waals surface area contributed by atoms with Crippen molar-refractivity contribution in [1.82, 2.24) is 20.1 Å². The fourth-order valence-electron chi connectivity index (χ4n) is 6.53. The van der Waals surface area contributed by atoms with Crippen LogP contribution in [0.2, 0.25) is 5.02 Å². The lowest BCUT2D eigenvalue weighted by Crippen LogP contribution is -2.54. The van der Waals surface area contributed by atoms with Gasteiger partial charge in [0.15, 0.2) is 0 Å². The molecule has 2 N–H and O–H groups in total. The van der Waals surface area contributed by atoms with Gasteiger partial charge in [-0.25, -0.2) is 4.79 Å². The minimum Gasteiger partial charge on any atom is -0.450 e. The lowest BCUT2D eigenvalue weighted by atomic mass is 9.89. The highest BCUT2D eigenvalue weighted by atomic mass is 79.9. The molecule has 2 aliphatic rings. The van der Waals surface area contributed by atoms with E-state index in [0.29, 0.717) is 44.1 Å². The number of carbonyl (C=O) groups excluding carboxylic acids is 3. The topological polar surface area (TPSA) is 94.7 Å². The number of aromatic nitrogens is 1. The highest BCUT2D eigenvalue weighted by Crippen LogP contribution is 2.55. The summed E-state index contributed by atoms with van der Waals surface area (Å²) in [7, 11) is 0. The molecule has 1 aromatic heterocycles. The Morgan fingerprint density at radius 3 is 2.50 bits per heavy atom. The van der Waals surface area contributed by atoms with Gasteiger partial charge >= 0.3 is 6.09 Å². The number of ether oxygens (including phenoxy) is 1. The van der Waals surface area contributed by atoms with Crippen LogP contribution in [-0.2, 0) is 20.9 Å². The minimum absolute atomic E-state index is 0.0485. The molecule has 46 heavy (non-hydrogen) atoms. The first-order valence-electron chi connectivity index (χ1n) is 15.5. The second-order valence-corrected chi connectivity index (χ2v) is 14.7. The van der Waals surface area contributed by atoms with E-state index in [4.69, 9.17) is 16.3 Å². The fraction of sp³-hybridized carbons (Fsp3) is 0.343. The van der Waals surface area contributed by atoms with Gasteiger partial charge in [-0.2, -0.15) is 0 Å². The Balaban J connectivity index is 1.43. The molecule has 0 spiro atoms. The number of likely N-dealkylation sites (tertiary alicyclic amines) is 2. The number of hydrogen-bond donors (Lipinski definition) is 2. The van der Waals surface area contributed by atoms with Crippen LogP contribution in [0.5, 0.6) is 0 Å². The van der Waals surface area contributed by atoms with Crippen molar-refractivity contribution < 1.29 is 19.1 Å². The summed E-state index contributed by atoms with van der Waals surface area (Å²) < 4.78 is 4.88. The van der Waals surface area contributed by atoms with E-state index < -0.39 is 16.9 Å². The number of hydrogen-bond acceptors (Lipinski definition) is 5. The van der Waals surface area contributed by atoms with Crippen LogP contribution >= 0.6 is 39.3 Å². The zero-order valence-electron chi connectivity index (χ0n) is 25.7. The summed E-state index contributed by atoms with van der Waals surface area (Å²) >= 11 is 11.4. The van der Waals surface area contributed by atoms with Crippen molar-refractivity contribution in [2.75, 3.05) is 19.7 Å². The van der Waals surface area contributed by atoms with Crippen molar-refractivity contribution >= 4 is 68.1 Å². The summed E-state index contributed by atoms with van der Waals surface area (Å²) in [5.41, 5.74) is 3.81. The fourth-order valence-corrected chi connectivity index (χ4v) is 8.44. The van der Waals surface area contributed by atoms with Gasteiger partial charge in [0, 0.05) is 62.7 Å². The first kappa shape index (κ1) is 32.5. The Kier molecular flexibility index (Phi) is 9.68. The van der Waals surface area contributed by atoms with Crippen molar-refractivity contribution in [3.05, 3.63) is 99.1 Å². The summed E-state index contributed by atoms with van der Waals surface area (Å²) in [5, 5.41) is 4.44. The number of halogens is 2. The highest BCUT2D eigenvalue weighted by Gasteiger charge is 2.59. The van der Waals surface area contributed by atoms with Crippen LogP contribution in [0.4, 0.5) is 4.79 Å². The van der Waals surface area contributed by atoms with Crippen LogP contribution in [-0.4, -0.2) is 63.2 Å². The SMILES string of the molecule is CCOC(=O)NC1CCN(C(=O)[C@]2(Sc3ccc(C)cc3)CC(=O)N(Cc3ccc(Br)cc3)[C@H]2c2c[nH]c3cc(Cl)ccc23)CC1.